The Morgan fingerprint density at radius 2 is 1.90 bits per heavy atom. The number of nitrogens with one attached hydrogen (secondary N) is 1. The van der Waals surface area contributed by atoms with Gasteiger partial charge >= 0.3 is 0 Å². The van der Waals surface area contributed by atoms with Gasteiger partial charge in [-0.3, -0.25) is 4.90 Å². The normalized spacial score (nSPS) is 21.1. The molecule has 1 saturated heterocycles. The summed E-state index contributed by atoms with van der Waals surface area (Å²) in [5, 5.41) is 5.02. The molecule has 0 unspecified atom stereocenters. The minimum Gasteiger partial charge on any atom is -0.464 e. The van der Waals surface area contributed by atoms with Crippen molar-refractivity contribution < 1.29 is 4.42 Å². The summed E-state index contributed by atoms with van der Waals surface area (Å²) in [6.45, 7) is 4.66. The largest absolute Gasteiger partial charge is 0.464 e. The molecule has 0 atom stereocenters. The van der Waals surface area contributed by atoms with Gasteiger partial charge in [0.1, 0.15) is 5.58 Å². The molecule has 1 aliphatic carbocycles. The molecule has 1 N–H and O–H groups in total. The van der Waals surface area contributed by atoms with Crippen LogP contribution in [-0.2, 0) is 6.54 Å². The van der Waals surface area contributed by atoms with E-state index in [4.69, 9.17) is 4.42 Å². The molecule has 1 aromatic heterocycles. The van der Waals surface area contributed by atoms with E-state index in [1.54, 1.807) is 0 Å². The Morgan fingerprint density at radius 3 is 2.71 bits per heavy atom. The third-order valence-electron chi connectivity index (χ3n) is 4.93. The fraction of sp³-hybridized carbons (Fsp3) is 0.556. The number of hydrogen-bond acceptors (Lipinski definition) is 3. The van der Waals surface area contributed by atoms with Crippen molar-refractivity contribution in [2.75, 3.05) is 19.6 Å². The zero-order valence-electron chi connectivity index (χ0n) is 12.6. The number of rotatable bonds is 5. The van der Waals surface area contributed by atoms with E-state index in [9.17, 15) is 0 Å². The molecule has 3 nitrogen and oxygen atoms in total. The van der Waals surface area contributed by atoms with Crippen molar-refractivity contribution in [1.29, 1.82) is 0 Å². The zero-order valence-corrected chi connectivity index (χ0v) is 12.6. The van der Waals surface area contributed by atoms with Crippen LogP contribution in [0, 0.1) is 5.92 Å². The van der Waals surface area contributed by atoms with Crippen molar-refractivity contribution >= 4 is 11.0 Å². The van der Waals surface area contributed by atoms with Crippen LogP contribution in [0.2, 0.25) is 0 Å². The van der Waals surface area contributed by atoms with Crippen LogP contribution in [0.4, 0.5) is 0 Å². The molecule has 4 rings (SSSR count). The van der Waals surface area contributed by atoms with Gasteiger partial charge < -0.3 is 9.73 Å². The van der Waals surface area contributed by atoms with E-state index < -0.39 is 0 Å². The summed E-state index contributed by atoms with van der Waals surface area (Å²) in [5.41, 5.74) is 2.34. The van der Waals surface area contributed by atoms with Crippen LogP contribution in [0.5, 0.6) is 0 Å². The molecule has 2 aliphatic rings. The van der Waals surface area contributed by atoms with Crippen molar-refractivity contribution in [1.82, 2.24) is 10.2 Å². The first-order valence-corrected chi connectivity index (χ1v) is 8.29. The van der Waals surface area contributed by atoms with Gasteiger partial charge in [0.05, 0.1) is 6.26 Å². The van der Waals surface area contributed by atoms with Crippen molar-refractivity contribution in [3.8, 4) is 0 Å². The first-order valence-electron chi connectivity index (χ1n) is 8.29. The number of furan rings is 1. The van der Waals surface area contributed by atoms with Gasteiger partial charge in [0, 0.05) is 23.5 Å². The predicted octanol–water partition coefficient (Wildman–Crippen LogP) is 3.40. The Hall–Kier alpha value is -1.32. The number of fused-ring (bicyclic) bond motifs is 1. The molecule has 1 saturated carbocycles. The molecule has 0 spiro atoms. The third-order valence-corrected chi connectivity index (χ3v) is 4.93. The van der Waals surface area contributed by atoms with E-state index >= 15 is 0 Å². The highest BCUT2D eigenvalue weighted by Crippen LogP contribution is 2.28. The molecular formula is C18H24N2O. The highest BCUT2D eigenvalue weighted by atomic mass is 16.3. The minimum atomic E-state index is 0.739. The van der Waals surface area contributed by atoms with E-state index in [2.05, 4.69) is 22.3 Å². The van der Waals surface area contributed by atoms with E-state index in [1.807, 2.05) is 18.4 Å². The van der Waals surface area contributed by atoms with Crippen LogP contribution >= 0.6 is 0 Å². The van der Waals surface area contributed by atoms with E-state index in [-0.39, 0.29) is 0 Å². The van der Waals surface area contributed by atoms with Gasteiger partial charge in [-0.15, -0.1) is 0 Å². The molecule has 21 heavy (non-hydrogen) atoms. The summed E-state index contributed by atoms with van der Waals surface area (Å²) < 4.78 is 5.64. The summed E-state index contributed by atoms with van der Waals surface area (Å²) in [5.74, 6) is 0.986. The van der Waals surface area contributed by atoms with Gasteiger partial charge in [-0.2, -0.15) is 0 Å². The molecule has 0 bridgehead atoms. The quantitative estimate of drug-likeness (QED) is 0.912. The van der Waals surface area contributed by atoms with Gasteiger partial charge in [0.15, 0.2) is 0 Å². The maximum absolute atomic E-state index is 5.64. The topological polar surface area (TPSA) is 28.4 Å². The smallest absolute Gasteiger partial charge is 0.134 e. The molecule has 1 aromatic carbocycles. The number of likely N-dealkylation sites (tertiary alicyclic amines) is 1. The fourth-order valence-corrected chi connectivity index (χ4v) is 3.35. The highest BCUT2D eigenvalue weighted by molar-refractivity contribution is 5.80. The maximum atomic E-state index is 5.64. The second-order valence-corrected chi connectivity index (χ2v) is 6.66. The second kappa shape index (κ2) is 5.82. The summed E-state index contributed by atoms with van der Waals surface area (Å²) in [4.78, 5) is 2.56. The minimum absolute atomic E-state index is 0.739. The van der Waals surface area contributed by atoms with Crippen LogP contribution < -0.4 is 5.32 Å². The van der Waals surface area contributed by atoms with Crippen molar-refractivity contribution in [2.45, 2.75) is 38.3 Å². The van der Waals surface area contributed by atoms with Gasteiger partial charge in [-0.1, -0.05) is 18.2 Å². The predicted molar refractivity (Wildman–Crippen MR) is 85.2 cm³/mol. The number of piperidine rings is 1. The molecule has 2 heterocycles. The first kappa shape index (κ1) is 13.4. The van der Waals surface area contributed by atoms with Crippen LogP contribution in [0.1, 0.15) is 31.2 Å². The Bertz CT molecular complexity index is 594. The van der Waals surface area contributed by atoms with Crippen molar-refractivity contribution in [3.63, 3.8) is 0 Å². The standard InChI is InChI=1S/C18H24N2O/c1-2-4-18-17(3-1)15(13-21-18)12-20-9-7-16(8-10-20)19-11-14-5-6-14/h1-4,13-14,16,19H,5-12H2. The average molecular weight is 284 g/mol. The monoisotopic (exact) mass is 284 g/mol. The van der Waals surface area contributed by atoms with Crippen molar-refractivity contribution in [2.24, 2.45) is 5.92 Å². The number of nitrogens with zero attached hydrogens (tertiary/aromatic N) is 1. The lowest BCUT2D eigenvalue weighted by atomic mass is 10.0. The molecular weight excluding hydrogens is 260 g/mol. The Balaban J connectivity index is 1.31. The summed E-state index contributed by atoms with van der Waals surface area (Å²) in [6.07, 6.45) is 7.38. The van der Waals surface area contributed by atoms with Crippen LogP contribution in [0.15, 0.2) is 34.9 Å². The average Bonchev–Trinajstić information content (AvgIpc) is 3.28. The Morgan fingerprint density at radius 1 is 1.10 bits per heavy atom. The lowest BCUT2D eigenvalue weighted by molar-refractivity contribution is 0.190. The van der Waals surface area contributed by atoms with Crippen LogP contribution in [0.3, 0.4) is 0 Å². The van der Waals surface area contributed by atoms with Crippen LogP contribution in [-0.4, -0.2) is 30.6 Å². The number of hydrogen-bond donors (Lipinski definition) is 1. The van der Waals surface area contributed by atoms with Crippen molar-refractivity contribution in [3.05, 3.63) is 36.1 Å². The fourth-order valence-electron chi connectivity index (χ4n) is 3.35. The van der Waals surface area contributed by atoms with E-state index in [1.165, 1.54) is 56.3 Å². The molecule has 0 amide bonds. The molecule has 112 valence electrons. The van der Waals surface area contributed by atoms with Gasteiger partial charge in [0.25, 0.3) is 0 Å². The molecule has 1 aliphatic heterocycles. The van der Waals surface area contributed by atoms with E-state index in [0.717, 1.165) is 24.1 Å². The zero-order chi connectivity index (χ0) is 14.1. The second-order valence-electron chi connectivity index (χ2n) is 6.66. The Labute approximate surface area is 126 Å². The van der Waals surface area contributed by atoms with Crippen LogP contribution in [0.25, 0.3) is 11.0 Å². The molecule has 2 fully saturated rings. The summed E-state index contributed by atoms with van der Waals surface area (Å²) >= 11 is 0. The van der Waals surface area contributed by atoms with Gasteiger partial charge in [-0.05, 0) is 57.3 Å². The van der Waals surface area contributed by atoms with Gasteiger partial charge in [0.2, 0.25) is 0 Å². The molecule has 2 aromatic rings. The summed E-state index contributed by atoms with van der Waals surface area (Å²) in [7, 11) is 0. The maximum Gasteiger partial charge on any atom is 0.134 e. The lowest BCUT2D eigenvalue weighted by Crippen LogP contribution is -2.42. The number of benzene rings is 1. The molecule has 0 radical (unpaired) electrons. The highest BCUT2D eigenvalue weighted by Gasteiger charge is 2.24. The third kappa shape index (κ3) is 3.14. The SMILES string of the molecule is c1ccc2c(CN3CCC(NCC4CC4)CC3)coc2c1. The Kier molecular flexibility index (Phi) is 3.70. The van der Waals surface area contributed by atoms with E-state index in [0.29, 0.717) is 0 Å². The van der Waals surface area contributed by atoms with Gasteiger partial charge in [-0.25, -0.2) is 0 Å². The summed E-state index contributed by atoms with van der Waals surface area (Å²) in [6, 6.07) is 9.08. The number of para-hydroxylation sites is 1. The lowest BCUT2D eigenvalue weighted by Gasteiger charge is -2.32. The first-order chi connectivity index (χ1) is 10.4. The molecule has 3 heteroatoms.